The average molecular weight is 1150 g/mol. The van der Waals surface area contributed by atoms with Crippen molar-refractivity contribution in [3.05, 3.63) is 317 Å². The standard InChI is InChI=1S/C40H23F3O3S.C39H22.CH4/c41-40(42,43)47(44,45)46-37-22-25-12-2-1-11-24(25)21-32(37)31-23-36-38(29-16-4-3-13-26(29)31)30-17-7-10-20-35(30)39(36)33-18-8-5-14-27(33)28-15-6-9-19-34(28)39;1-2-11-24-21-31-30(20-23(24)10-1)27-15-9-16-29-37(27)32(31)22-36-38(29)28-14-5-8-19-35(28)39(36)33-17-6-3-12-25(33)26-13-4-7-18-34(26)39;/h1-23H;1-22H;1H4. The Morgan fingerprint density at radius 2 is 0.621 bits per heavy atom. The monoisotopic (exact) mass is 1150 g/mol. The zero-order valence-electron chi connectivity index (χ0n) is 45.7. The maximum atomic E-state index is 13.7. The topological polar surface area (TPSA) is 43.4 Å². The molecule has 0 bridgehead atoms. The molecule has 0 radical (unpaired) electrons. The van der Waals surface area contributed by atoms with Crippen LogP contribution in [0.2, 0.25) is 0 Å². The quantitative estimate of drug-likeness (QED) is 0.131. The van der Waals surface area contributed by atoms with Gasteiger partial charge in [0.1, 0.15) is 0 Å². The largest absolute Gasteiger partial charge is 0.534 e. The lowest BCUT2D eigenvalue weighted by atomic mass is 9.70. The molecule has 0 unspecified atom stereocenters. The van der Waals surface area contributed by atoms with Crippen molar-refractivity contribution in [1.82, 2.24) is 0 Å². The summed E-state index contributed by atoms with van der Waals surface area (Å²) in [5.74, 6) is -0.386. The first kappa shape index (κ1) is 51.1. The molecule has 19 rings (SSSR count). The van der Waals surface area contributed by atoms with Crippen molar-refractivity contribution in [1.29, 1.82) is 0 Å². The predicted molar refractivity (Wildman–Crippen MR) is 348 cm³/mol. The molecule has 5 aliphatic carbocycles. The van der Waals surface area contributed by atoms with Crippen LogP contribution in [0.1, 0.15) is 51.9 Å². The van der Waals surface area contributed by atoms with Gasteiger partial charge in [0, 0.05) is 5.56 Å². The van der Waals surface area contributed by atoms with Gasteiger partial charge >= 0.3 is 15.6 Å². The van der Waals surface area contributed by atoms with Gasteiger partial charge in [-0.3, -0.25) is 0 Å². The Morgan fingerprint density at radius 1 is 0.287 bits per heavy atom. The Hall–Kier alpha value is -10.3. The van der Waals surface area contributed by atoms with Crippen LogP contribution in [0.4, 0.5) is 13.2 Å². The molecule has 414 valence electrons. The van der Waals surface area contributed by atoms with E-state index >= 15 is 0 Å². The van der Waals surface area contributed by atoms with Gasteiger partial charge in [-0.1, -0.05) is 244 Å². The van der Waals surface area contributed by atoms with E-state index in [9.17, 15) is 21.6 Å². The molecule has 0 N–H and O–H groups in total. The van der Waals surface area contributed by atoms with Crippen molar-refractivity contribution in [2.75, 3.05) is 0 Å². The van der Waals surface area contributed by atoms with Crippen LogP contribution in [0.5, 0.6) is 5.75 Å². The highest BCUT2D eigenvalue weighted by molar-refractivity contribution is 7.88. The summed E-state index contributed by atoms with van der Waals surface area (Å²) in [4.78, 5) is 0. The van der Waals surface area contributed by atoms with Gasteiger partial charge in [-0.2, -0.15) is 21.6 Å². The number of hydrogen-bond acceptors (Lipinski definition) is 3. The van der Waals surface area contributed by atoms with Gasteiger partial charge in [0.25, 0.3) is 0 Å². The summed E-state index contributed by atoms with van der Waals surface area (Å²) in [6, 6.07) is 95.4. The van der Waals surface area contributed by atoms with E-state index in [0.29, 0.717) is 10.9 Å². The number of fused-ring (bicyclic) bond motifs is 28. The fraction of sp³-hybridized carbons (Fsp3) is 0.0500. The smallest absolute Gasteiger partial charge is 0.375 e. The zero-order valence-corrected chi connectivity index (χ0v) is 46.6. The van der Waals surface area contributed by atoms with Crippen LogP contribution in [-0.4, -0.2) is 13.9 Å². The number of halogens is 3. The van der Waals surface area contributed by atoms with E-state index in [0.717, 1.165) is 60.7 Å². The van der Waals surface area contributed by atoms with Crippen molar-refractivity contribution >= 4 is 53.2 Å². The van der Waals surface area contributed by atoms with Gasteiger partial charge in [-0.25, -0.2) is 0 Å². The number of hydrogen-bond donors (Lipinski definition) is 0. The first-order valence-corrected chi connectivity index (χ1v) is 30.3. The van der Waals surface area contributed by atoms with Gasteiger partial charge in [0.2, 0.25) is 0 Å². The van der Waals surface area contributed by atoms with E-state index in [1.807, 2.05) is 78.9 Å². The average Bonchev–Trinajstić information content (AvgIpc) is 1.52. The Bertz CT molecular complexity index is 5390. The number of benzene rings is 14. The molecule has 14 aromatic rings. The van der Waals surface area contributed by atoms with Gasteiger partial charge in [-0.05, 0) is 196 Å². The lowest BCUT2D eigenvalue weighted by molar-refractivity contribution is -0.0499. The van der Waals surface area contributed by atoms with E-state index in [1.54, 1.807) is 18.2 Å². The van der Waals surface area contributed by atoms with Gasteiger partial charge < -0.3 is 4.18 Å². The zero-order chi connectivity index (χ0) is 57.4. The maximum absolute atomic E-state index is 13.7. The molecule has 0 aromatic heterocycles. The number of rotatable bonds is 3. The molecule has 3 nitrogen and oxygen atoms in total. The van der Waals surface area contributed by atoms with E-state index in [4.69, 9.17) is 4.18 Å². The number of alkyl halides is 3. The third-order valence-corrected chi connectivity index (χ3v) is 20.2. The molecular formula is C80H49F3O3S. The first-order valence-electron chi connectivity index (χ1n) is 28.9. The van der Waals surface area contributed by atoms with Gasteiger partial charge in [-0.15, -0.1) is 0 Å². The van der Waals surface area contributed by atoms with Crippen LogP contribution >= 0.6 is 0 Å². The molecule has 5 aliphatic rings. The SMILES string of the molecule is C.O=S(=O)(Oc1cc2ccccc2cc1-c1cc2c(c3ccccc13)-c1ccccc1C21c2ccccc2-c2ccccc21)C(F)(F)F.c1ccc2c(c1)-c1ccccc1C21c2ccccc2-c2c1cc1c3c(cccc23)-c2cc3ccccc3cc2-1. The molecule has 0 heterocycles. The van der Waals surface area contributed by atoms with Crippen LogP contribution in [-0.2, 0) is 20.9 Å². The Kier molecular flexibility index (Phi) is 10.6. The van der Waals surface area contributed by atoms with Gasteiger partial charge in [0.05, 0.1) is 10.8 Å². The third-order valence-electron chi connectivity index (χ3n) is 19.2. The molecule has 0 saturated heterocycles. The normalized spacial score (nSPS) is 14.1. The van der Waals surface area contributed by atoms with Crippen molar-refractivity contribution < 1.29 is 25.8 Å². The highest BCUT2D eigenvalue weighted by Gasteiger charge is 2.55. The van der Waals surface area contributed by atoms with Gasteiger partial charge in [0.15, 0.2) is 5.75 Å². The maximum Gasteiger partial charge on any atom is 0.534 e. The fourth-order valence-corrected chi connectivity index (χ4v) is 16.5. The fourth-order valence-electron chi connectivity index (χ4n) is 16.0. The minimum Gasteiger partial charge on any atom is -0.375 e. The molecule has 0 fully saturated rings. The predicted octanol–water partition coefficient (Wildman–Crippen LogP) is 20.9. The van der Waals surface area contributed by atoms with Crippen molar-refractivity contribution in [2.24, 2.45) is 0 Å². The van der Waals surface area contributed by atoms with Crippen molar-refractivity contribution in [3.8, 4) is 83.6 Å². The molecule has 0 aliphatic heterocycles. The molecule has 0 amide bonds. The summed E-state index contributed by atoms with van der Waals surface area (Å²) >= 11 is 0. The molecule has 87 heavy (non-hydrogen) atoms. The van der Waals surface area contributed by atoms with Crippen LogP contribution in [0.15, 0.2) is 273 Å². The molecule has 0 atom stereocenters. The van der Waals surface area contributed by atoms with Crippen LogP contribution in [0, 0.1) is 0 Å². The summed E-state index contributed by atoms with van der Waals surface area (Å²) in [6.07, 6.45) is 0. The van der Waals surface area contributed by atoms with Crippen LogP contribution in [0.25, 0.3) is 121 Å². The lowest BCUT2D eigenvalue weighted by Gasteiger charge is -2.31. The summed E-state index contributed by atoms with van der Waals surface area (Å²) in [7, 11) is -5.96. The molecule has 0 saturated carbocycles. The molecule has 2 spiro atoms. The second kappa shape index (κ2) is 18.1. The Labute approximate surface area is 501 Å². The Balaban J connectivity index is 0.000000136. The second-order valence-electron chi connectivity index (χ2n) is 23.2. The lowest BCUT2D eigenvalue weighted by Crippen LogP contribution is -2.28. The van der Waals surface area contributed by atoms with E-state index in [2.05, 4.69) is 170 Å². The minimum atomic E-state index is -5.96. The van der Waals surface area contributed by atoms with Crippen molar-refractivity contribution in [2.45, 2.75) is 23.8 Å². The summed E-state index contributed by atoms with van der Waals surface area (Å²) in [5.41, 5.74) is 19.4. The van der Waals surface area contributed by atoms with E-state index < -0.39 is 21.0 Å². The van der Waals surface area contributed by atoms with Crippen LogP contribution in [0.3, 0.4) is 0 Å². The highest BCUT2D eigenvalue weighted by atomic mass is 32.2. The minimum absolute atomic E-state index is 0. The molecular weight excluding hydrogens is 1100 g/mol. The summed E-state index contributed by atoms with van der Waals surface area (Å²) in [6.45, 7) is 0. The first-order chi connectivity index (χ1) is 42.1. The van der Waals surface area contributed by atoms with E-state index in [-0.39, 0.29) is 24.2 Å². The summed E-state index contributed by atoms with van der Waals surface area (Å²) < 4.78 is 71.1. The van der Waals surface area contributed by atoms with E-state index in [1.165, 1.54) is 94.4 Å². The third kappa shape index (κ3) is 6.64. The van der Waals surface area contributed by atoms with Crippen LogP contribution < -0.4 is 4.18 Å². The highest BCUT2D eigenvalue weighted by Crippen LogP contribution is 2.67. The summed E-state index contributed by atoms with van der Waals surface area (Å²) in [5, 5.41) is 8.32. The molecule has 14 aromatic carbocycles. The molecule has 7 heteroatoms. The second-order valence-corrected chi connectivity index (χ2v) is 24.7. The van der Waals surface area contributed by atoms with Crippen molar-refractivity contribution in [3.63, 3.8) is 0 Å². The Morgan fingerprint density at radius 3 is 1.09 bits per heavy atom.